The van der Waals surface area contributed by atoms with Crippen molar-refractivity contribution in [2.45, 2.75) is 57.3 Å². The first-order valence-corrected chi connectivity index (χ1v) is 9.58. The van der Waals surface area contributed by atoms with Gasteiger partial charge in [0.15, 0.2) is 0 Å². The van der Waals surface area contributed by atoms with Crippen LogP contribution >= 0.6 is 0 Å². The lowest BCUT2D eigenvalue weighted by Crippen LogP contribution is -2.46. The zero-order valence-electron chi connectivity index (χ0n) is 16.2. The Labute approximate surface area is 159 Å². The second kappa shape index (κ2) is 6.19. The number of pyridine rings is 1. The predicted octanol–water partition coefficient (Wildman–Crippen LogP) is 2.82. The van der Waals surface area contributed by atoms with Gasteiger partial charge < -0.3 is 9.88 Å². The maximum Gasteiger partial charge on any atom is 0.254 e. The lowest BCUT2D eigenvalue weighted by Gasteiger charge is -2.41. The average Bonchev–Trinajstić information content (AvgIpc) is 2.99. The molecular weight excluding hydrogens is 338 g/mol. The van der Waals surface area contributed by atoms with Gasteiger partial charge in [0.05, 0.1) is 17.3 Å². The summed E-state index contributed by atoms with van der Waals surface area (Å²) < 4.78 is 0. The number of piperidine rings is 1. The molecule has 3 heterocycles. The van der Waals surface area contributed by atoms with Crippen LogP contribution < -0.4 is 10.5 Å². The van der Waals surface area contributed by atoms with Crippen LogP contribution in [0.25, 0.3) is 0 Å². The van der Waals surface area contributed by atoms with Gasteiger partial charge in [-0.1, -0.05) is 20.8 Å². The highest BCUT2D eigenvalue weighted by molar-refractivity contribution is 5.47. The first-order chi connectivity index (χ1) is 12.8. The van der Waals surface area contributed by atoms with E-state index in [0.29, 0.717) is 5.56 Å². The first kappa shape index (κ1) is 17.7. The van der Waals surface area contributed by atoms with E-state index in [4.69, 9.17) is 4.98 Å². The van der Waals surface area contributed by atoms with Crippen LogP contribution in [0.3, 0.4) is 0 Å². The summed E-state index contributed by atoms with van der Waals surface area (Å²) in [5.41, 5.74) is 2.17. The summed E-state index contributed by atoms with van der Waals surface area (Å²) in [7, 11) is 0. The molecule has 1 saturated heterocycles. The minimum Gasteiger partial charge on any atom is -0.356 e. The van der Waals surface area contributed by atoms with Crippen molar-refractivity contribution in [1.29, 1.82) is 5.26 Å². The molecule has 1 unspecified atom stereocenters. The fraction of sp³-hybridized carbons (Fsp3) is 0.524. The number of aromatic nitrogens is 3. The van der Waals surface area contributed by atoms with Crippen LogP contribution in [0.15, 0.2) is 23.1 Å². The maximum absolute atomic E-state index is 12.7. The van der Waals surface area contributed by atoms with Gasteiger partial charge in [-0.25, -0.2) is 9.97 Å². The highest BCUT2D eigenvalue weighted by atomic mass is 16.1. The molecule has 2 aromatic rings. The van der Waals surface area contributed by atoms with Gasteiger partial charge in [0.2, 0.25) is 0 Å². The largest absolute Gasteiger partial charge is 0.356 e. The molecule has 2 aliphatic rings. The number of aromatic amines is 1. The first-order valence-electron chi connectivity index (χ1n) is 9.58. The minimum absolute atomic E-state index is 0.0172. The Morgan fingerprint density at radius 3 is 2.89 bits per heavy atom. The molecule has 2 aromatic heterocycles. The smallest absolute Gasteiger partial charge is 0.254 e. The van der Waals surface area contributed by atoms with E-state index in [2.05, 4.69) is 41.7 Å². The lowest BCUT2D eigenvalue weighted by atomic mass is 9.77. The Hall–Kier alpha value is -2.68. The van der Waals surface area contributed by atoms with E-state index in [0.717, 1.165) is 61.7 Å². The topological polar surface area (TPSA) is 85.7 Å². The third-order valence-electron chi connectivity index (χ3n) is 5.86. The van der Waals surface area contributed by atoms with E-state index in [1.165, 1.54) is 0 Å². The molecule has 1 N–H and O–H groups in total. The number of hydrogen-bond donors (Lipinski definition) is 1. The van der Waals surface area contributed by atoms with Crippen molar-refractivity contribution < 1.29 is 0 Å². The predicted molar refractivity (Wildman–Crippen MR) is 104 cm³/mol. The van der Waals surface area contributed by atoms with Crippen molar-refractivity contribution in [2.75, 3.05) is 18.0 Å². The van der Waals surface area contributed by atoms with Crippen molar-refractivity contribution >= 4 is 5.82 Å². The van der Waals surface area contributed by atoms with Crippen LogP contribution in [-0.2, 0) is 17.3 Å². The van der Waals surface area contributed by atoms with Gasteiger partial charge in [-0.15, -0.1) is 0 Å². The highest BCUT2D eigenvalue weighted by Crippen LogP contribution is 2.44. The van der Waals surface area contributed by atoms with Crippen LogP contribution in [0.5, 0.6) is 0 Å². The van der Waals surface area contributed by atoms with Crippen molar-refractivity contribution in [3.8, 4) is 6.07 Å². The molecule has 0 radical (unpaired) electrons. The summed E-state index contributed by atoms with van der Waals surface area (Å²) >= 11 is 0. The van der Waals surface area contributed by atoms with Crippen LogP contribution in [0.4, 0.5) is 5.82 Å². The van der Waals surface area contributed by atoms with E-state index in [9.17, 15) is 10.1 Å². The third kappa shape index (κ3) is 3.01. The molecule has 1 aliphatic heterocycles. The average molecular weight is 363 g/mol. The van der Waals surface area contributed by atoms with E-state index in [1.807, 2.05) is 6.07 Å². The van der Waals surface area contributed by atoms with E-state index < -0.39 is 0 Å². The van der Waals surface area contributed by atoms with Crippen LogP contribution in [0.1, 0.15) is 62.7 Å². The van der Waals surface area contributed by atoms with E-state index in [1.54, 1.807) is 12.3 Å². The van der Waals surface area contributed by atoms with Crippen molar-refractivity contribution in [1.82, 2.24) is 15.0 Å². The number of H-pyrrole nitrogens is 1. The number of anilines is 1. The quantitative estimate of drug-likeness (QED) is 0.842. The standard InChI is InChI=1S/C21H25N5O/c1-20(2,3)19-24-17-15(18(27)25-19)5-8-21(17)7-4-10-26(13-21)16-11-14(12-22)6-9-23-16/h6,9,11H,4-5,7-8,10,13H2,1-3H3,(H,24,25,27). The number of nitrogens with zero attached hydrogens (tertiary/aromatic N) is 4. The molecule has 1 fully saturated rings. The molecule has 1 spiro atoms. The Balaban J connectivity index is 1.74. The summed E-state index contributed by atoms with van der Waals surface area (Å²) in [5.74, 6) is 1.59. The molecule has 1 aliphatic carbocycles. The van der Waals surface area contributed by atoms with Crippen molar-refractivity contribution in [3.63, 3.8) is 0 Å². The summed E-state index contributed by atoms with van der Waals surface area (Å²) in [5, 5.41) is 9.19. The van der Waals surface area contributed by atoms with Gasteiger partial charge in [-0.05, 0) is 37.8 Å². The second-order valence-corrected chi connectivity index (χ2v) is 8.81. The molecule has 1 atom stereocenters. The van der Waals surface area contributed by atoms with Crippen LogP contribution in [0, 0.1) is 11.3 Å². The summed E-state index contributed by atoms with van der Waals surface area (Å²) in [6, 6.07) is 5.77. The van der Waals surface area contributed by atoms with Crippen molar-refractivity contribution in [2.24, 2.45) is 0 Å². The molecule has 6 heteroatoms. The minimum atomic E-state index is -0.199. The Morgan fingerprint density at radius 1 is 1.33 bits per heavy atom. The number of rotatable bonds is 1. The lowest BCUT2D eigenvalue weighted by molar-refractivity contribution is 0.331. The number of nitriles is 1. The van der Waals surface area contributed by atoms with Gasteiger partial charge in [0.25, 0.3) is 5.56 Å². The van der Waals surface area contributed by atoms with E-state index >= 15 is 0 Å². The molecule has 140 valence electrons. The zero-order valence-corrected chi connectivity index (χ0v) is 16.2. The van der Waals surface area contributed by atoms with Crippen molar-refractivity contribution in [3.05, 3.63) is 51.3 Å². The Kier molecular flexibility index (Phi) is 4.06. The summed E-state index contributed by atoms with van der Waals surface area (Å²) in [6.07, 6.45) is 5.48. The molecule has 4 rings (SSSR count). The normalized spacial score (nSPS) is 21.9. The fourth-order valence-corrected chi connectivity index (χ4v) is 4.39. The molecule has 27 heavy (non-hydrogen) atoms. The fourth-order valence-electron chi connectivity index (χ4n) is 4.39. The number of hydrogen-bond acceptors (Lipinski definition) is 5. The summed E-state index contributed by atoms with van der Waals surface area (Å²) in [6.45, 7) is 7.92. The monoisotopic (exact) mass is 363 g/mol. The molecule has 0 saturated carbocycles. The molecule has 0 bridgehead atoms. The third-order valence-corrected chi connectivity index (χ3v) is 5.86. The second-order valence-electron chi connectivity index (χ2n) is 8.81. The molecule has 0 amide bonds. The van der Waals surface area contributed by atoms with Gasteiger partial charge in [-0.2, -0.15) is 5.26 Å². The maximum atomic E-state index is 12.7. The van der Waals surface area contributed by atoms with E-state index in [-0.39, 0.29) is 16.4 Å². The molecule has 6 nitrogen and oxygen atoms in total. The van der Waals surface area contributed by atoms with Gasteiger partial charge in [0.1, 0.15) is 11.6 Å². The SMILES string of the molecule is CC(C)(C)c1nc2c(c(=O)[nH]1)CCC21CCCN(c2cc(C#N)ccn2)C1. The number of nitrogens with one attached hydrogen (secondary N) is 1. The Bertz CT molecular complexity index is 981. The van der Waals surface area contributed by atoms with Crippen LogP contribution in [0.2, 0.25) is 0 Å². The van der Waals surface area contributed by atoms with Gasteiger partial charge >= 0.3 is 0 Å². The molecular formula is C21H25N5O. The molecule has 0 aromatic carbocycles. The van der Waals surface area contributed by atoms with Crippen LogP contribution in [-0.4, -0.2) is 28.0 Å². The Morgan fingerprint density at radius 2 is 2.15 bits per heavy atom. The zero-order chi connectivity index (χ0) is 19.2. The number of fused-ring (bicyclic) bond motifs is 2. The summed E-state index contributed by atoms with van der Waals surface area (Å²) in [4.78, 5) is 27.4. The highest BCUT2D eigenvalue weighted by Gasteiger charge is 2.45. The van der Waals surface area contributed by atoms with Gasteiger partial charge in [0, 0.05) is 35.7 Å². The van der Waals surface area contributed by atoms with Gasteiger partial charge in [-0.3, -0.25) is 4.79 Å².